The van der Waals surface area contributed by atoms with E-state index < -0.39 is 0 Å². The molecule has 2 rings (SSSR count). The molecule has 2 aromatic rings. The van der Waals surface area contributed by atoms with Gasteiger partial charge in [-0.3, -0.25) is 9.78 Å². The number of aromatic nitrogens is 3. The number of rotatable bonds is 7. The summed E-state index contributed by atoms with van der Waals surface area (Å²) in [6, 6.07) is 3.85. The minimum absolute atomic E-state index is 0.213. The van der Waals surface area contributed by atoms with Crippen molar-refractivity contribution in [3.05, 3.63) is 48.2 Å². The summed E-state index contributed by atoms with van der Waals surface area (Å²) in [6.45, 7) is 1.99. The molecule has 0 aliphatic rings. The highest BCUT2D eigenvalue weighted by molar-refractivity contribution is 5.91. The van der Waals surface area contributed by atoms with Crippen LogP contribution in [0.3, 0.4) is 0 Å². The van der Waals surface area contributed by atoms with Gasteiger partial charge in [0.25, 0.3) is 5.91 Å². The topological polar surface area (TPSA) is 83.0 Å². The number of pyridine rings is 1. The van der Waals surface area contributed by atoms with E-state index in [1.807, 2.05) is 31.1 Å². The van der Waals surface area contributed by atoms with E-state index in [2.05, 4.69) is 25.6 Å². The Hall–Kier alpha value is -2.54. The van der Waals surface area contributed by atoms with Crippen LogP contribution in [-0.2, 0) is 6.54 Å². The number of carbonyl (C=O) groups excluding carboxylic acids is 1. The van der Waals surface area contributed by atoms with Gasteiger partial charge in [-0.15, -0.1) is 0 Å². The number of amides is 1. The van der Waals surface area contributed by atoms with Crippen molar-refractivity contribution in [1.82, 2.24) is 25.2 Å². The average Bonchev–Trinajstić information content (AvgIpc) is 2.54. The molecule has 0 saturated heterocycles. The van der Waals surface area contributed by atoms with Gasteiger partial charge in [-0.05, 0) is 31.8 Å². The molecule has 2 heterocycles. The first-order valence-corrected chi connectivity index (χ1v) is 7.03. The fourth-order valence-corrected chi connectivity index (χ4v) is 1.71. The number of hydrogen-bond acceptors (Lipinski definition) is 6. The van der Waals surface area contributed by atoms with Gasteiger partial charge in [0.15, 0.2) is 0 Å². The molecule has 0 bridgehead atoms. The summed E-state index contributed by atoms with van der Waals surface area (Å²) in [5, 5.41) is 5.94. The first-order chi connectivity index (χ1) is 10.6. The lowest BCUT2D eigenvalue weighted by molar-refractivity contribution is 0.0945. The second-order valence-corrected chi connectivity index (χ2v) is 5.06. The Morgan fingerprint density at radius 1 is 1.18 bits per heavy atom. The lowest BCUT2D eigenvalue weighted by atomic mass is 10.3. The molecular formula is C15H20N6O. The minimum Gasteiger partial charge on any atom is -0.365 e. The molecule has 0 spiro atoms. The lowest BCUT2D eigenvalue weighted by Gasteiger charge is -2.10. The van der Waals surface area contributed by atoms with Gasteiger partial charge < -0.3 is 15.5 Å². The molecule has 22 heavy (non-hydrogen) atoms. The molecule has 0 fully saturated rings. The van der Waals surface area contributed by atoms with Crippen molar-refractivity contribution in [1.29, 1.82) is 0 Å². The Kier molecular flexibility index (Phi) is 5.79. The zero-order valence-electron chi connectivity index (χ0n) is 12.8. The molecule has 2 aromatic heterocycles. The highest BCUT2D eigenvalue weighted by Gasteiger charge is 2.07. The van der Waals surface area contributed by atoms with E-state index in [0.717, 1.165) is 12.1 Å². The molecule has 0 aromatic carbocycles. The first-order valence-electron chi connectivity index (χ1n) is 7.03. The standard InChI is InChI=1S/C15H20N6O/c1-21(2)8-7-17-15(22)13-10-20-14(11-18-13)19-9-12-3-5-16-6-4-12/h3-6,10-11H,7-9H2,1-2H3,(H,17,22)(H,19,20). The summed E-state index contributed by atoms with van der Waals surface area (Å²) in [7, 11) is 3.91. The van der Waals surface area contributed by atoms with Crippen molar-refractivity contribution >= 4 is 11.7 Å². The third-order valence-corrected chi connectivity index (χ3v) is 2.95. The third kappa shape index (κ3) is 5.10. The maximum absolute atomic E-state index is 11.9. The average molecular weight is 300 g/mol. The Morgan fingerprint density at radius 2 is 1.95 bits per heavy atom. The van der Waals surface area contributed by atoms with Crippen LogP contribution in [-0.4, -0.2) is 52.9 Å². The van der Waals surface area contributed by atoms with Gasteiger partial charge >= 0.3 is 0 Å². The Bertz CT molecular complexity index is 585. The van der Waals surface area contributed by atoms with E-state index in [9.17, 15) is 4.79 Å². The monoisotopic (exact) mass is 300 g/mol. The van der Waals surface area contributed by atoms with E-state index in [1.54, 1.807) is 18.6 Å². The Morgan fingerprint density at radius 3 is 2.59 bits per heavy atom. The number of nitrogens with zero attached hydrogens (tertiary/aromatic N) is 4. The van der Waals surface area contributed by atoms with E-state index in [-0.39, 0.29) is 5.91 Å². The number of anilines is 1. The summed E-state index contributed by atoms with van der Waals surface area (Å²) < 4.78 is 0. The predicted octanol–water partition coefficient (Wildman–Crippen LogP) is 0.775. The maximum atomic E-state index is 11.9. The van der Waals surface area contributed by atoms with Gasteiger partial charge in [0.2, 0.25) is 0 Å². The summed E-state index contributed by atoms with van der Waals surface area (Å²) in [6.07, 6.45) is 6.51. The maximum Gasteiger partial charge on any atom is 0.271 e. The van der Waals surface area contributed by atoms with Crippen LogP contribution in [0, 0.1) is 0 Å². The van der Waals surface area contributed by atoms with Crippen LogP contribution in [0.4, 0.5) is 5.82 Å². The molecule has 1 amide bonds. The summed E-state index contributed by atoms with van der Waals surface area (Å²) in [5.41, 5.74) is 1.41. The first kappa shape index (κ1) is 15.8. The van der Waals surface area contributed by atoms with Crippen LogP contribution in [0.2, 0.25) is 0 Å². The van der Waals surface area contributed by atoms with Gasteiger partial charge in [-0.2, -0.15) is 0 Å². The summed E-state index contributed by atoms with van der Waals surface area (Å²) >= 11 is 0. The molecular weight excluding hydrogens is 280 g/mol. The minimum atomic E-state index is -0.213. The van der Waals surface area contributed by atoms with E-state index in [4.69, 9.17) is 0 Å². The van der Waals surface area contributed by atoms with Crippen LogP contribution in [0.5, 0.6) is 0 Å². The molecule has 0 aliphatic heterocycles. The Labute approximate surface area is 129 Å². The van der Waals surface area contributed by atoms with Crippen LogP contribution in [0.1, 0.15) is 16.1 Å². The van der Waals surface area contributed by atoms with E-state index in [0.29, 0.717) is 24.6 Å². The van der Waals surface area contributed by atoms with Crippen molar-refractivity contribution in [2.24, 2.45) is 0 Å². The van der Waals surface area contributed by atoms with Crippen molar-refractivity contribution in [3.63, 3.8) is 0 Å². The lowest BCUT2D eigenvalue weighted by Crippen LogP contribution is -2.31. The predicted molar refractivity (Wildman–Crippen MR) is 84.5 cm³/mol. The molecule has 0 radical (unpaired) electrons. The van der Waals surface area contributed by atoms with Gasteiger partial charge in [0.05, 0.1) is 12.4 Å². The molecule has 2 N–H and O–H groups in total. The zero-order chi connectivity index (χ0) is 15.8. The zero-order valence-corrected chi connectivity index (χ0v) is 12.8. The fraction of sp³-hybridized carbons (Fsp3) is 0.333. The fourth-order valence-electron chi connectivity index (χ4n) is 1.71. The van der Waals surface area contributed by atoms with Gasteiger partial charge in [-0.1, -0.05) is 0 Å². The summed E-state index contributed by atoms with van der Waals surface area (Å²) in [4.78, 5) is 26.1. The van der Waals surface area contributed by atoms with Crippen molar-refractivity contribution < 1.29 is 4.79 Å². The van der Waals surface area contributed by atoms with Gasteiger partial charge in [-0.25, -0.2) is 9.97 Å². The molecule has 0 aliphatic carbocycles. The van der Waals surface area contributed by atoms with E-state index in [1.165, 1.54) is 6.20 Å². The number of likely N-dealkylation sites (N-methyl/N-ethyl adjacent to an activating group) is 1. The van der Waals surface area contributed by atoms with Crippen molar-refractivity contribution in [2.75, 3.05) is 32.5 Å². The smallest absolute Gasteiger partial charge is 0.271 e. The van der Waals surface area contributed by atoms with Crippen LogP contribution >= 0.6 is 0 Å². The van der Waals surface area contributed by atoms with Crippen LogP contribution in [0.15, 0.2) is 36.9 Å². The quantitative estimate of drug-likeness (QED) is 0.786. The normalized spacial score (nSPS) is 10.5. The van der Waals surface area contributed by atoms with E-state index >= 15 is 0 Å². The third-order valence-electron chi connectivity index (χ3n) is 2.95. The van der Waals surface area contributed by atoms with Gasteiger partial charge in [0, 0.05) is 32.0 Å². The largest absolute Gasteiger partial charge is 0.365 e. The number of hydrogen-bond donors (Lipinski definition) is 2. The second kappa shape index (κ2) is 8.04. The molecule has 7 heteroatoms. The highest BCUT2D eigenvalue weighted by Crippen LogP contribution is 2.04. The van der Waals surface area contributed by atoms with Crippen LogP contribution in [0.25, 0.3) is 0 Å². The van der Waals surface area contributed by atoms with Crippen LogP contribution < -0.4 is 10.6 Å². The SMILES string of the molecule is CN(C)CCNC(=O)c1cnc(NCc2ccncc2)cn1. The molecule has 0 saturated carbocycles. The number of nitrogens with one attached hydrogen (secondary N) is 2. The highest BCUT2D eigenvalue weighted by atomic mass is 16.1. The molecule has 116 valence electrons. The second-order valence-electron chi connectivity index (χ2n) is 5.06. The molecule has 0 atom stereocenters. The Balaban J connectivity index is 1.83. The molecule has 7 nitrogen and oxygen atoms in total. The van der Waals surface area contributed by atoms with Crippen molar-refractivity contribution in [3.8, 4) is 0 Å². The van der Waals surface area contributed by atoms with Gasteiger partial charge in [0.1, 0.15) is 11.5 Å². The summed E-state index contributed by atoms with van der Waals surface area (Å²) in [5.74, 6) is 0.414. The number of carbonyl (C=O) groups is 1. The molecule has 0 unspecified atom stereocenters. The van der Waals surface area contributed by atoms with Crippen molar-refractivity contribution in [2.45, 2.75) is 6.54 Å².